The van der Waals surface area contributed by atoms with Gasteiger partial charge in [-0.15, -0.1) is 0 Å². The Morgan fingerprint density at radius 2 is 1.45 bits per heavy atom. The predicted octanol–water partition coefficient (Wildman–Crippen LogP) is 6.57. The fraction of sp³-hybridized carbons (Fsp3) is 0.958. The highest BCUT2D eigenvalue weighted by molar-refractivity contribution is 7.80. The Morgan fingerprint density at radius 1 is 0.968 bits per heavy atom. The Balaban J connectivity index is 0.00000131. The van der Waals surface area contributed by atoms with E-state index in [2.05, 4.69) is 35.3 Å². The molecule has 7 heteroatoms. The lowest BCUT2D eigenvalue weighted by Crippen LogP contribution is -2.28. The van der Waals surface area contributed by atoms with Gasteiger partial charge in [0.15, 0.2) is 0 Å². The van der Waals surface area contributed by atoms with E-state index in [0.29, 0.717) is 5.92 Å². The highest BCUT2D eigenvalue weighted by atomic mass is 32.3. The Morgan fingerprint density at radius 3 is 1.84 bits per heavy atom. The third kappa shape index (κ3) is 19.7. The van der Waals surface area contributed by atoms with Crippen molar-refractivity contribution >= 4 is 16.2 Å². The highest BCUT2D eigenvalue weighted by Gasteiger charge is 2.19. The normalized spacial score (nSPS) is 15.6. The van der Waals surface area contributed by atoms with Gasteiger partial charge in [0.1, 0.15) is 0 Å². The molecule has 6 nitrogen and oxygen atoms in total. The Hall–Kier alpha value is -0.660. The fourth-order valence-electron chi connectivity index (χ4n) is 4.10. The maximum atomic E-state index is 9.33. The minimum atomic E-state index is -4.16. The van der Waals surface area contributed by atoms with Gasteiger partial charge in [-0.25, -0.2) is 0 Å². The zero-order valence-corrected chi connectivity index (χ0v) is 21.5. The molecule has 1 aliphatic heterocycles. The summed E-state index contributed by atoms with van der Waals surface area (Å²) >= 11 is 0. The van der Waals surface area contributed by atoms with Crippen molar-refractivity contribution in [3.8, 4) is 0 Å². The lowest BCUT2D eigenvalue weighted by Gasteiger charge is -2.20. The third-order valence-corrected chi connectivity index (χ3v) is 6.45. The molecule has 0 saturated heterocycles. The molecule has 1 heterocycles. The van der Waals surface area contributed by atoms with Crippen LogP contribution in [0, 0.1) is 11.8 Å². The van der Waals surface area contributed by atoms with Crippen molar-refractivity contribution in [2.45, 2.75) is 117 Å². The van der Waals surface area contributed by atoms with Gasteiger partial charge in [0.05, 0.1) is 19.5 Å². The van der Waals surface area contributed by atoms with Crippen LogP contribution in [0.1, 0.15) is 117 Å². The van der Waals surface area contributed by atoms with E-state index in [1.165, 1.54) is 102 Å². The molecular weight excluding hydrogens is 412 g/mol. The van der Waals surface area contributed by atoms with Crippen LogP contribution < -0.4 is 5.32 Å². The molecule has 2 atom stereocenters. The van der Waals surface area contributed by atoms with Crippen molar-refractivity contribution in [2.24, 2.45) is 16.8 Å². The summed E-state index contributed by atoms with van der Waals surface area (Å²) in [5.74, 6) is 2.82. The SMILES string of the molecule is CCCCCCCCCCCCCCC(C)CC(CC)C1=NCCN1.COS(=O)(=O)O. The molecule has 0 saturated carbocycles. The van der Waals surface area contributed by atoms with Crippen LogP contribution in [0.4, 0.5) is 0 Å². The van der Waals surface area contributed by atoms with Crippen molar-refractivity contribution in [3.63, 3.8) is 0 Å². The molecule has 0 spiro atoms. The Bertz CT molecular complexity index is 538. The molecule has 0 aliphatic carbocycles. The maximum Gasteiger partial charge on any atom is 0.397 e. The summed E-state index contributed by atoms with van der Waals surface area (Å²) in [6, 6.07) is 0. The lowest BCUT2D eigenvalue weighted by molar-refractivity contribution is 0.324. The molecule has 1 aliphatic rings. The topological polar surface area (TPSA) is 88.0 Å². The summed E-state index contributed by atoms with van der Waals surface area (Å²) in [5, 5.41) is 3.48. The van der Waals surface area contributed by atoms with Gasteiger partial charge in [0.2, 0.25) is 0 Å². The molecule has 2 N–H and O–H groups in total. The number of hydrogen-bond donors (Lipinski definition) is 2. The van der Waals surface area contributed by atoms with Crippen molar-refractivity contribution in [1.82, 2.24) is 5.32 Å². The molecule has 0 bridgehead atoms. The van der Waals surface area contributed by atoms with Gasteiger partial charge in [0, 0.05) is 12.5 Å². The van der Waals surface area contributed by atoms with Crippen molar-refractivity contribution < 1.29 is 17.2 Å². The summed E-state index contributed by atoms with van der Waals surface area (Å²) in [6.45, 7) is 9.09. The molecule has 0 aromatic heterocycles. The molecule has 2 unspecified atom stereocenters. The lowest BCUT2D eigenvalue weighted by atomic mass is 9.89. The number of unbranched alkanes of at least 4 members (excludes halogenated alkanes) is 11. The van der Waals surface area contributed by atoms with Gasteiger partial charge in [-0.1, -0.05) is 104 Å². The van der Waals surface area contributed by atoms with Crippen LogP contribution in [0.3, 0.4) is 0 Å². The summed E-state index contributed by atoms with van der Waals surface area (Å²) in [6.07, 6.45) is 21.3. The van der Waals surface area contributed by atoms with Gasteiger partial charge in [-0.2, -0.15) is 8.42 Å². The Kier molecular flexibility index (Phi) is 19.6. The first kappa shape index (κ1) is 30.3. The van der Waals surface area contributed by atoms with E-state index in [1.54, 1.807) is 0 Å². The van der Waals surface area contributed by atoms with E-state index in [0.717, 1.165) is 26.1 Å². The second kappa shape index (κ2) is 20.0. The van der Waals surface area contributed by atoms with Gasteiger partial charge >= 0.3 is 10.4 Å². The van der Waals surface area contributed by atoms with Crippen LogP contribution in [-0.4, -0.2) is 39.0 Å². The second-order valence-electron chi connectivity index (χ2n) is 8.91. The van der Waals surface area contributed by atoms with Crippen LogP contribution in [0.15, 0.2) is 4.99 Å². The number of aliphatic imine (C=N–C) groups is 1. The molecule has 1 rings (SSSR count). The van der Waals surface area contributed by atoms with Crippen LogP contribution >= 0.6 is 0 Å². The number of amidine groups is 1. The third-order valence-electron chi connectivity index (χ3n) is 6.03. The molecule has 0 radical (unpaired) electrons. The quantitative estimate of drug-likeness (QED) is 0.178. The van der Waals surface area contributed by atoms with Gasteiger partial charge in [-0.05, 0) is 18.8 Å². The Labute approximate surface area is 193 Å². The van der Waals surface area contributed by atoms with E-state index in [-0.39, 0.29) is 0 Å². The predicted molar refractivity (Wildman–Crippen MR) is 132 cm³/mol. The summed E-state index contributed by atoms with van der Waals surface area (Å²) < 4.78 is 29.7. The van der Waals surface area contributed by atoms with Crippen LogP contribution in [-0.2, 0) is 14.6 Å². The van der Waals surface area contributed by atoms with Gasteiger partial charge < -0.3 is 5.32 Å². The van der Waals surface area contributed by atoms with Crippen LogP contribution in [0.2, 0.25) is 0 Å². The van der Waals surface area contributed by atoms with Crippen LogP contribution in [0.5, 0.6) is 0 Å². The van der Waals surface area contributed by atoms with E-state index in [1.807, 2.05) is 0 Å². The highest BCUT2D eigenvalue weighted by Crippen LogP contribution is 2.22. The largest absolute Gasteiger partial charge is 0.397 e. The average molecular weight is 463 g/mol. The van der Waals surface area contributed by atoms with Crippen molar-refractivity contribution in [3.05, 3.63) is 0 Å². The second-order valence-corrected chi connectivity index (χ2v) is 10.1. The monoisotopic (exact) mass is 462 g/mol. The van der Waals surface area contributed by atoms with Crippen LogP contribution in [0.25, 0.3) is 0 Å². The number of nitrogens with zero attached hydrogens (tertiary/aromatic N) is 1. The summed E-state index contributed by atoms with van der Waals surface area (Å²) in [5.41, 5.74) is 0. The summed E-state index contributed by atoms with van der Waals surface area (Å²) in [7, 11) is -3.29. The molecule has 0 amide bonds. The summed E-state index contributed by atoms with van der Waals surface area (Å²) in [4.78, 5) is 4.63. The van der Waals surface area contributed by atoms with Gasteiger partial charge in [0.25, 0.3) is 0 Å². The number of nitrogens with one attached hydrogen (secondary N) is 1. The molecule has 0 fully saturated rings. The average Bonchev–Trinajstić information content (AvgIpc) is 3.27. The molecule has 0 aromatic carbocycles. The first-order valence-electron chi connectivity index (χ1n) is 12.6. The van der Waals surface area contributed by atoms with Crippen molar-refractivity contribution in [1.29, 1.82) is 0 Å². The zero-order chi connectivity index (χ0) is 23.4. The fourth-order valence-corrected chi connectivity index (χ4v) is 4.10. The minimum absolute atomic E-state index is 0.676. The van der Waals surface area contributed by atoms with Crippen molar-refractivity contribution in [2.75, 3.05) is 20.2 Å². The first-order valence-corrected chi connectivity index (χ1v) is 14.0. The molecule has 31 heavy (non-hydrogen) atoms. The zero-order valence-electron chi connectivity index (χ0n) is 20.7. The van der Waals surface area contributed by atoms with E-state index >= 15 is 0 Å². The number of hydrogen-bond acceptors (Lipinski definition) is 5. The molecule has 186 valence electrons. The molecular formula is C24H50N2O4S. The van der Waals surface area contributed by atoms with E-state index in [4.69, 9.17) is 4.55 Å². The van der Waals surface area contributed by atoms with Gasteiger partial charge in [-0.3, -0.25) is 13.7 Å². The standard InChI is InChI=1S/C23H46N2.CH4O4S/c1-4-6-7-8-9-10-11-12-13-14-15-16-17-21(3)20-22(5-2)23-24-18-19-25-23;1-5-6(2,3)4/h21-22H,4-20H2,1-3H3,(H,24,25);1H3,(H,2,3,4). The van der Waals surface area contributed by atoms with E-state index < -0.39 is 10.4 Å². The smallest absolute Gasteiger partial charge is 0.372 e. The van der Waals surface area contributed by atoms with E-state index in [9.17, 15) is 8.42 Å². The minimum Gasteiger partial charge on any atom is -0.372 e. The molecule has 0 aromatic rings. The maximum absolute atomic E-state index is 9.33. The first-order chi connectivity index (χ1) is 14.8. The number of rotatable bonds is 18.